The van der Waals surface area contributed by atoms with Gasteiger partial charge in [-0.05, 0) is 61.8 Å². The maximum absolute atomic E-state index is 12.9. The van der Waals surface area contributed by atoms with E-state index in [0.29, 0.717) is 23.7 Å². The molecule has 3 N–H and O–H groups in total. The number of benzene rings is 1. The standard InChI is InChI=1S/C22H26N4O4/c27-19-6-5-18(20(28)25-19)26-21(29)15-4-1-12(9-16(15)22(26)30)10-23-11-17-14(7-8-24-17)13-2-3-13/h1,4,9,13-14,17-18,23-24H,2-3,5-8,10-11H2,(H,25,27,28). The zero-order chi connectivity index (χ0) is 20.8. The quantitative estimate of drug-likeness (QED) is 0.592. The lowest BCUT2D eigenvalue weighted by Gasteiger charge is -2.27. The Balaban J connectivity index is 1.24. The lowest BCUT2D eigenvalue weighted by Crippen LogP contribution is -2.54. The van der Waals surface area contributed by atoms with Gasteiger partial charge in [-0.2, -0.15) is 0 Å². The van der Waals surface area contributed by atoms with E-state index in [1.807, 2.05) is 6.07 Å². The Morgan fingerprint density at radius 2 is 1.80 bits per heavy atom. The fourth-order valence-corrected chi connectivity index (χ4v) is 5.10. The Morgan fingerprint density at radius 3 is 2.57 bits per heavy atom. The summed E-state index contributed by atoms with van der Waals surface area (Å²) in [5.41, 5.74) is 1.58. The van der Waals surface area contributed by atoms with E-state index in [1.54, 1.807) is 12.1 Å². The molecule has 1 aliphatic carbocycles. The van der Waals surface area contributed by atoms with Gasteiger partial charge in [-0.3, -0.25) is 29.4 Å². The third-order valence-electron chi connectivity index (χ3n) is 6.83. The van der Waals surface area contributed by atoms with Crippen LogP contribution in [0.4, 0.5) is 0 Å². The van der Waals surface area contributed by atoms with Crippen LogP contribution in [-0.2, 0) is 16.1 Å². The Bertz CT molecular complexity index is 926. The van der Waals surface area contributed by atoms with E-state index >= 15 is 0 Å². The van der Waals surface area contributed by atoms with Crippen molar-refractivity contribution < 1.29 is 19.2 Å². The molecule has 30 heavy (non-hydrogen) atoms. The van der Waals surface area contributed by atoms with Gasteiger partial charge in [0.05, 0.1) is 11.1 Å². The molecule has 3 aliphatic heterocycles. The SMILES string of the molecule is O=C1CCC(N2C(=O)c3ccc(CNCC4NCCC4C4CC4)cc3C2=O)C(=O)N1. The number of carbonyl (C=O) groups excluding carboxylic acids is 4. The monoisotopic (exact) mass is 410 g/mol. The van der Waals surface area contributed by atoms with Gasteiger partial charge in [-0.1, -0.05) is 6.07 Å². The van der Waals surface area contributed by atoms with Crippen LogP contribution in [0.1, 0.15) is 58.4 Å². The zero-order valence-electron chi connectivity index (χ0n) is 16.8. The Morgan fingerprint density at radius 1 is 1.00 bits per heavy atom. The summed E-state index contributed by atoms with van der Waals surface area (Å²) in [7, 11) is 0. The van der Waals surface area contributed by atoms with Gasteiger partial charge < -0.3 is 10.6 Å². The predicted molar refractivity (Wildman–Crippen MR) is 107 cm³/mol. The first-order valence-electron chi connectivity index (χ1n) is 10.8. The molecular weight excluding hydrogens is 384 g/mol. The number of nitrogens with one attached hydrogen (secondary N) is 3. The highest BCUT2D eigenvalue weighted by molar-refractivity contribution is 6.23. The van der Waals surface area contributed by atoms with Crippen molar-refractivity contribution >= 4 is 23.6 Å². The third kappa shape index (κ3) is 3.44. The average Bonchev–Trinajstić information content (AvgIpc) is 3.42. The molecular formula is C22H26N4O4. The molecule has 0 spiro atoms. The minimum absolute atomic E-state index is 0.121. The van der Waals surface area contributed by atoms with Crippen molar-refractivity contribution in [3.8, 4) is 0 Å². The summed E-state index contributed by atoms with van der Waals surface area (Å²) in [5, 5.41) is 9.29. The largest absolute Gasteiger partial charge is 0.312 e. The van der Waals surface area contributed by atoms with Crippen LogP contribution in [0.2, 0.25) is 0 Å². The highest BCUT2D eigenvalue weighted by Gasteiger charge is 2.44. The minimum atomic E-state index is -0.926. The molecule has 8 nitrogen and oxygen atoms in total. The van der Waals surface area contributed by atoms with Crippen molar-refractivity contribution in [3.63, 3.8) is 0 Å². The van der Waals surface area contributed by atoms with Gasteiger partial charge in [0.15, 0.2) is 0 Å². The molecule has 4 amide bonds. The van der Waals surface area contributed by atoms with Crippen LogP contribution in [-0.4, -0.2) is 53.7 Å². The molecule has 4 aliphatic rings. The maximum atomic E-state index is 12.9. The molecule has 1 aromatic rings. The van der Waals surface area contributed by atoms with Crippen LogP contribution in [0, 0.1) is 11.8 Å². The second-order valence-electron chi connectivity index (χ2n) is 8.81. The van der Waals surface area contributed by atoms with Gasteiger partial charge in [-0.25, -0.2) is 0 Å². The molecule has 2 saturated heterocycles. The van der Waals surface area contributed by atoms with Crippen LogP contribution in [0.3, 0.4) is 0 Å². The molecule has 1 aromatic carbocycles. The third-order valence-corrected chi connectivity index (χ3v) is 6.83. The van der Waals surface area contributed by atoms with Gasteiger partial charge in [0, 0.05) is 25.6 Å². The van der Waals surface area contributed by atoms with Crippen LogP contribution >= 0.6 is 0 Å². The molecule has 3 fully saturated rings. The van der Waals surface area contributed by atoms with Crippen molar-refractivity contribution in [2.75, 3.05) is 13.1 Å². The topological polar surface area (TPSA) is 108 Å². The van der Waals surface area contributed by atoms with Gasteiger partial charge in [0.25, 0.3) is 11.8 Å². The van der Waals surface area contributed by atoms with E-state index in [0.717, 1.165) is 35.4 Å². The van der Waals surface area contributed by atoms with E-state index in [2.05, 4.69) is 16.0 Å². The summed E-state index contributed by atoms with van der Waals surface area (Å²) in [5.74, 6) is -0.240. The number of amides is 4. The van der Waals surface area contributed by atoms with E-state index in [-0.39, 0.29) is 18.7 Å². The molecule has 0 bridgehead atoms. The number of hydrogen-bond donors (Lipinski definition) is 3. The summed E-state index contributed by atoms with van der Waals surface area (Å²) in [4.78, 5) is 50.2. The normalized spacial score (nSPS) is 28.8. The van der Waals surface area contributed by atoms with E-state index in [4.69, 9.17) is 0 Å². The highest BCUT2D eigenvalue weighted by Crippen LogP contribution is 2.41. The minimum Gasteiger partial charge on any atom is -0.312 e. The van der Waals surface area contributed by atoms with Crippen LogP contribution in [0.25, 0.3) is 0 Å². The average molecular weight is 410 g/mol. The smallest absolute Gasteiger partial charge is 0.262 e. The van der Waals surface area contributed by atoms with E-state index < -0.39 is 23.8 Å². The molecule has 8 heteroatoms. The first-order chi connectivity index (χ1) is 14.5. The summed E-state index contributed by atoms with van der Waals surface area (Å²) in [6.07, 6.45) is 4.25. The summed E-state index contributed by atoms with van der Waals surface area (Å²) in [6, 6.07) is 4.84. The number of carbonyl (C=O) groups is 4. The zero-order valence-corrected chi connectivity index (χ0v) is 16.8. The Labute approximate surface area is 174 Å². The van der Waals surface area contributed by atoms with Crippen LogP contribution < -0.4 is 16.0 Å². The molecule has 0 radical (unpaired) electrons. The summed E-state index contributed by atoms with van der Waals surface area (Å²) < 4.78 is 0. The summed E-state index contributed by atoms with van der Waals surface area (Å²) >= 11 is 0. The van der Waals surface area contributed by atoms with Crippen molar-refractivity contribution in [1.82, 2.24) is 20.9 Å². The fourth-order valence-electron chi connectivity index (χ4n) is 5.10. The number of nitrogens with zero attached hydrogens (tertiary/aromatic N) is 1. The van der Waals surface area contributed by atoms with Gasteiger partial charge >= 0.3 is 0 Å². The van der Waals surface area contributed by atoms with Gasteiger partial charge in [0.2, 0.25) is 11.8 Å². The second-order valence-corrected chi connectivity index (χ2v) is 8.81. The molecule has 5 rings (SSSR count). The Hall–Kier alpha value is -2.58. The van der Waals surface area contributed by atoms with E-state index in [9.17, 15) is 19.2 Å². The molecule has 1 saturated carbocycles. The van der Waals surface area contributed by atoms with Gasteiger partial charge in [0.1, 0.15) is 6.04 Å². The van der Waals surface area contributed by atoms with E-state index in [1.165, 1.54) is 19.3 Å². The Kier molecular flexibility index (Phi) is 4.91. The van der Waals surface area contributed by atoms with Crippen molar-refractivity contribution in [2.45, 2.75) is 50.7 Å². The molecule has 0 aromatic heterocycles. The second kappa shape index (κ2) is 7.59. The number of piperidine rings is 1. The molecule has 3 unspecified atom stereocenters. The number of rotatable bonds is 6. The molecule has 158 valence electrons. The highest BCUT2D eigenvalue weighted by atomic mass is 16.2. The van der Waals surface area contributed by atoms with Crippen molar-refractivity contribution in [3.05, 3.63) is 34.9 Å². The number of imide groups is 2. The summed E-state index contributed by atoms with van der Waals surface area (Å²) in [6.45, 7) is 2.58. The molecule has 3 atom stereocenters. The molecule has 3 heterocycles. The lowest BCUT2D eigenvalue weighted by atomic mass is 9.95. The maximum Gasteiger partial charge on any atom is 0.262 e. The van der Waals surface area contributed by atoms with Crippen molar-refractivity contribution in [1.29, 1.82) is 0 Å². The van der Waals surface area contributed by atoms with Gasteiger partial charge in [-0.15, -0.1) is 0 Å². The number of fused-ring (bicyclic) bond motifs is 1. The van der Waals surface area contributed by atoms with Crippen LogP contribution in [0.15, 0.2) is 18.2 Å². The predicted octanol–water partition coefficient (Wildman–Crippen LogP) is 0.566. The first-order valence-corrected chi connectivity index (χ1v) is 10.8. The van der Waals surface area contributed by atoms with Crippen molar-refractivity contribution in [2.24, 2.45) is 11.8 Å². The first kappa shape index (κ1) is 19.4. The van der Waals surface area contributed by atoms with Crippen LogP contribution in [0.5, 0.6) is 0 Å². The lowest BCUT2D eigenvalue weighted by molar-refractivity contribution is -0.136. The fraction of sp³-hybridized carbons (Fsp3) is 0.545. The number of hydrogen-bond acceptors (Lipinski definition) is 6.